The predicted molar refractivity (Wildman–Crippen MR) is 97.2 cm³/mol. The molecule has 2 fully saturated rings. The first-order valence-electron chi connectivity index (χ1n) is 8.48. The quantitative estimate of drug-likeness (QED) is 0.756. The number of carbonyl (C=O) groups excluding carboxylic acids is 2. The summed E-state index contributed by atoms with van der Waals surface area (Å²) in [5, 5.41) is 6.07. The highest BCUT2D eigenvalue weighted by atomic mass is 35.5. The standard InChI is InChI=1S/C18H25N3O2.ClH/c1-13(22)21(17-8-9-17)12-15-4-6-16(7-5-15)20-18(23)11-19-10-14-2-3-14;/h4-7,14,17,19H,2-3,8-12H2,1H3,(H,20,23);1H. The molecule has 2 N–H and O–H groups in total. The number of carbonyl (C=O) groups is 2. The molecule has 0 unspecified atom stereocenters. The SMILES string of the molecule is CC(=O)N(Cc1ccc(NC(=O)CNCC2CC2)cc1)C1CC1.Cl. The van der Waals surface area contributed by atoms with Crippen molar-refractivity contribution in [1.29, 1.82) is 0 Å². The van der Waals surface area contributed by atoms with Crippen LogP contribution in [0.3, 0.4) is 0 Å². The summed E-state index contributed by atoms with van der Waals surface area (Å²) >= 11 is 0. The molecule has 1 aromatic carbocycles. The van der Waals surface area contributed by atoms with E-state index < -0.39 is 0 Å². The Labute approximate surface area is 149 Å². The number of anilines is 1. The van der Waals surface area contributed by atoms with Crippen LogP contribution in [0.25, 0.3) is 0 Å². The molecule has 0 heterocycles. The second kappa shape index (κ2) is 8.49. The van der Waals surface area contributed by atoms with Crippen LogP contribution in [0.5, 0.6) is 0 Å². The predicted octanol–water partition coefficient (Wildman–Crippen LogP) is 2.56. The maximum absolute atomic E-state index is 11.8. The highest BCUT2D eigenvalue weighted by Crippen LogP contribution is 2.28. The van der Waals surface area contributed by atoms with Crippen molar-refractivity contribution in [3.63, 3.8) is 0 Å². The monoisotopic (exact) mass is 351 g/mol. The zero-order valence-electron chi connectivity index (χ0n) is 14.1. The zero-order chi connectivity index (χ0) is 16.2. The first-order chi connectivity index (χ1) is 11.1. The molecular weight excluding hydrogens is 326 g/mol. The van der Waals surface area contributed by atoms with Gasteiger partial charge in [-0.05, 0) is 55.8 Å². The van der Waals surface area contributed by atoms with Gasteiger partial charge in [-0.1, -0.05) is 12.1 Å². The van der Waals surface area contributed by atoms with Crippen LogP contribution in [0.2, 0.25) is 0 Å². The van der Waals surface area contributed by atoms with Gasteiger partial charge in [0.2, 0.25) is 11.8 Å². The average molecular weight is 352 g/mol. The molecule has 0 bridgehead atoms. The summed E-state index contributed by atoms with van der Waals surface area (Å²) in [5.74, 6) is 0.895. The molecule has 0 spiro atoms. The zero-order valence-corrected chi connectivity index (χ0v) is 14.9. The highest BCUT2D eigenvalue weighted by Gasteiger charge is 2.30. The fourth-order valence-electron chi connectivity index (χ4n) is 2.69. The van der Waals surface area contributed by atoms with Crippen molar-refractivity contribution in [2.24, 2.45) is 5.92 Å². The Balaban J connectivity index is 0.00000208. The summed E-state index contributed by atoms with van der Waals surface area (Å²) in [6.07, 6.45) is 4.80. The maximum atomic E-state index is 11.8. The number of hydrogen-bond donors (Lipinski definition) is 2. The van der Waals surface area contributed by atoms with Crippen LogP contribution in [0.15, 0.2) is 24.3 Å². The number of benzene rings is 1. The van der Waals surface area contributed by atoms with Crippen molar-refractivity contribution in [3.05, 3.63) is 29.8 Å². The first kappa shape index (κ1) is 18.7. The third-order valence-corrected chi connectivity index (χ3v) is 4.40. The van der Waals surface area contributed by atoms with E-state index in [1.807, 2.05) is 29.2 Å². The van der Waals surface area contributed by atoms with Crippen molar-refractivity contribution < 1.29 is 9.59 Å². The lowest BCUT2D eigenvalue weighted by Crippen LogP contribution is -2.30. The summed E-state index contributed by atoms with van der Waals surface area (Å²) in [4.78, 5) is 25.4. The van der Waals surface area contributed by atoms with E-state index >= 15 is 0 Å². The normalized spacial score (nSPS) is 16.2. The van der Waals surface area contributed by atoms with E-state index in [1.165, 1.54) is 12.8 Å². The van der Waals surface area contributed by atoms with Gasteiger partial charge in [0.25, 0.3) is 0 Å². The van der Waals surface area contributed by atoms with Crippen molar-refractivity contribution in [3.8, 4) is 0 Å². The number of halogens is 1. The fourth-order valence-corrected chi connectivity index (χ4v) is 2.69. The fraction of sp³-hybridized carbons (Fsp3) is 0.556. The highest BCUT2D eigenvalue weighted by molar-refractivity contribution is 5.92. The van der Waals surface area contributed by atoms with Gasteiger partial charge < -0.3 is 15.5 Å². The van der Waals surface area contributed by atoms with E-state index in [0.717, 1.165) is 36.6 Å². The third-order valence-electron chi connectivity index (χ3n) is 4.40. The lowest BCUT2D eigenvalue weighted by atomic mass is 10.2. The van der Waals surface area contributed by atoms with E-state index in [4.69, 9.17) is 0 Å². The van der Waals surface area contributed by atoms with E-state index in [2.05, 4.69) is 10.6 Å². The van der Waals surface area contributed by atoms with E-state index in [9.17, 15) is 9.59 Å². The van der Waals surface area contributed by atoms with Crippen LogP contribution in [0.4, 0.5) is 5.69 Å². The molecule has 2 saturated carbocycles. The molecule has 132 valence electrons. The molecule has 2 aliphatic carbocycles. The minimum atomic E-state index is -0.0123. The molecule has 5 nitrogen and oxygen atoms in total. The minimum Gasteiger partial charge on any atom is -0.336 e. The van der Waals surface area contributed by atoms with Gasteiger partial charge in [-0.3, -0.25) is 9.59 Å². The van der Waals surface area contributed by atoms with Gasteiger partial charge in [0.05, 0.1) is 6.54 Å². The smallest absolute Gasteiger partial charge is 0.238 e. The number of amides is 2. The van der Waals surface area contributed by atoms with Gasteiger partial charge in [-0.25, -0.2) is 0 Å². The summed E-state index contributed by atoms with van der Waals surface area (Å²) in [6.45, 7) is 3.57. The molecule has 24 heavy (non-hydrogen) atoms. The largest absolute Gasteiger partial charge is 0.336 e. The Bertz CT molecular complexity index is 568. The molecule has 0 saturated heterocycles. The topological polar surface area (TPSA) is 61.4 Å². The lowest BCUT2D eigenvalue weighted by Gasteiger charge is -2.20. The van der Waals surface area contributed by atoms with Crippen LogP contribution in [-0.4, -0.2) is 35.8 Å². The Morgan fingerprint density at radius 3 is 2.33 bits per heavy atom. The molecule has 0 radical (unpaired) electrons. The average Bonchev–Trinajstić information content (AvgIpc) is 3.39. The van der Waals surface area contributed by atoms with Crippen LogP contribution in [0.1, 0.15) is 38.2 Å². The third kappa shape index (κ3) is 5.80. The summed E-state index contributed by atoms with van der Waals surface area (Å²) in [6, 6.07) is 8.18. The molecule has 1 aromatic rings. The maximum Gasteiger partial charge on any atom is 0.238 e. The second-order valence-corrected chi connectivity index (χ2v) is 6.70. The van der Waals surface area contributed by atoms with Gasteiger partial charge in [-0.15, -0.1) is 12.4 Å². The Hall–Kier alpha value is -1.59. The molecular formula is C18H26ClN3O2. The lowest BCUT2D eigenvalue weighted by molar-refractivity contribution is -0.130. The van der Waals surface area contributed by atoms with Crippen molar-refractivity contribution in [2.75, 3.05) is 18.4 Å². The van der Waals surface area contributed by atoms with E-state index in [-0.39, 0.29) is 24.2 Å². The van der Waals surface area contributed by atoms with Crippen molar-refractivity contribution in [2.45, 2.75) is 45.2 Å². The van der Waals surface area contributed by atoms with Crippen LogP contribution in [0, 0.1) is 5.92 Å². The van der Waals surface area contributed by atoms with Crippen LogP contribution >= 0.6 is 12.4 Å². The van der Waals surface area contributed by atoms with Crippen molar-refractivity contribution >= 4 is 29.9 Å². The molecule has 0 aliphatic heterocycles. The Morgan fingerprint density at radius 2 is 1.79 bits per heavy atom. The molecule has 3 rings (SSSR count). The van der Waals surface area contributed by atoms with E-state index in [1.54, 1.807) is 6.92 Å². The van der Waals surface area contributed by atoms with Crippen LogP contribution in [-0.2, 0) is 16.1 Å². The number of nitrogens with zero attached hydrogens (tertiary/aromatic N) is 1. The van der Waals surface area contributed by atoms with Gasteiger partial charge >= 0.3 is 0 Å². The Morgan fingerprint density at radius 1 is 1.12 bits per heavy atom. The summed E-state index contributed by atoms with van der Waals surface area (Å²) in [7, 11) is 0. The van der Waals surface area contributed by atoms with Gasteiger partial charge in [0, 0.05) is 25.2 Å². The molecule has 6 heteroatoms. The number of rotatable bonds is 8. The van der Waals surface area contributed by atoms with E-state index in [0.29, 0.717) is 19.1 Å². The molecule has 2 amide bonds. The second-order valence-electron chi connectivity index (χ2n) is 6.70. The summed E-state index contributed by atoms with van der Waals surface area (Å²) in [5.41, 5.74) is 1.89. The molecule has 0 aromatic heterocycles. The molecule has 0 atom stereocenters. The molecule has 2 aliphatic rings. The summed E-state index contributed by atoms with van der Waals surface area (Å²) < 4.78 is 0. The first-order valence-corrected chi connectivity index (χ1v) is 8.48. The van der Waals surface area contributed by atoms with Crippen molar-refractivity contribution in [1.82, 2.24) is 10.2 Å². The van der Waals surface area contributed by atoms with Gasteiger partial charge in [0.1, 0.15) is 0 Å². The number of nitrogens with one attached hydrogen (secondary N) is 2. The minimum absolute atomic E-state index is 0. The Kier molecular flexibility index (Phi) is 6.63. The van der Waals surface area contributed by atoms with Gasteiger partial charge in [0.15, 0.2) is 0 Å². The van der Waals surface area contributed by atoms with Gasteiger partial charge in [-0.2, -0.15) is 0 Å². The van der Waals surface area contributed by atoms with Crippen LogP contribution < -0.4 is 10.6 Å². The number of hydrogen-bond acceptors (Lipinski definition) is 3.